The first-order chi connectivity index (χ1) is 15.9. The molecule has 1 aliphatic heterocycles. The molecule has 0 spiro atoms. The molecule has 4 unspecified atom stereocenters. The summed E-state index contributed by atoms with van der Waals surface area (Å²) in [5.74, 6) is 0. The molecule has 2 aromatic rings. The number of likely N-dealkylation sites (tertiary alicyclic amines) is 1. The van der Waals surface area contributed by atoms with E-state index in [-0.39, 0.29) is 0 Å². The molecule has 1 saturated heterocycles. The zero-order valence-corrected chi connectivity index (χ0v) is 18.7. The summed E-state index contributed by atoms with van der Waals surface area (Å²) in [5, 5.41) is 60.8. The summed E-state index contributed by atoms with van der Waals surface area (Å²) in [6.07, 6.45) is -1.20. The molecule has 10 nitrogen and oxygen atoms in total. The summed E-state index contributed by atoms with van der Waals surface area (Å²) in [4.78, 5) is 2.51. The summed E-state index contributed by atoms with van der Waals surface area (Å²) >= 11 is 0. The van der Waals surface area contributed by atoms with E-state index >= 15 is 0 Å². The molecule has 4 atom stereocenters. The van der Waals surface area contributed by atoms with Crippen LogP contribution in [0.3, 0.4) is 0 Å². The molecule has 6 N–H and O–H groups in total. The van der Waals surface area contributed by atoms with E-state index in [9.17, 15) is 25.5 Å². The van der Waals surface area contributed by atoms with E-state index < -0.39 is 36.6 Å². The first kappa shape index (κ1) is 24.2. The molecule has 1 aromatic heterocycles. The number of hydrogen-bond donors (Lipinski definition) is 6. The van der Waals surface area contributed by atoms with Gasteiger partial charge in [0.2, 0.25) is 0 Å². The van der Waals surface area contributed by atoms with Crippen LogP contribution in [-0.2, 0) is 19.5 Å². The fourth-order valence-corrected chi connectivity index (χ4v) is 4.68. The third kappa shape index (κ3) is 5.96. The van der Waals surface area contributed by atoms with Gasteiger partial charge in [0.1, 0.15) is 30.5 Å². The van der Waals surface area contributed by atoms with Crippen molar-refractivity contribution in [1.82, 2.24) is 25.2 Å². The van der Waals surface area contributed by atoms with E-state index in [0.717, 1.165) is 17.8 Å². The van der Waals surface area contributed by atoms with Gasteiger partial charge in [-0.2, -0.15) is 0 Å². The number of hydrogen-bond acceptors (Lipinski definition) is 9. The summed E-state index contributed by atoms with van der Waals surface area (Å²) in [6, 6.07) is 7.63. The second kappa shape index (κ2) is 11.0. The molecular formula is C23H35N5O5. The van der Waals surface area contributed by atoms with E-state index in [1.54, 1.807) is 4.68 Å². The van der Waals surface area contributed by atoms with Crippen molar-refractivity contribution in [3.05, 3.63) is 47.3 Å². The summed E-state index contributed by atoms with van der Waals surface area (Å²) < 4.78 is 1.77. The monoisotopic (exact) mass is 461 g/mol. The van der Waals surface area contributed by atoms with Crippen molar-refractivity contribution in [3.8, 4) is 0 Å². The Morgan fingerprint density at radius 1 is 0.788 bits per heavy atom. The fourth-order valence-electron chi connectivity index (χ4n) is 4.68. The van der Waals surface area contributed by atoms with Gasteiger partial charge in [0, 0.05) is 25.7 Å². The third-order valence-corrected chi connectivity index (χ3v) is 6.71. The number of nitrogens with one attached hydrogen (secondary N) is 1. The molecule has 1 saturated carbocycles. The van der Waals surface area contributed by atoms with Crippen molar-refractivity contribution in [2.75, 3.05) is 19.6 Å². The lowest BCUT2D eigenvalue weighted by Crippen LogP contribution is -2.67. The Bertz CT molecular complexity index is 856. The molecule has 33 heavy (non-hydrogen) atoms. The molecule has 2 heterocycles. The van der Waals surface area contributed by atoms with Gasteiger partial charge in [-0.3, -0.25) is 4.90 Å². The standard InChI is InChI=1S/C23H35N5O5/c29-19-18(20(30)22(32)23(33)21(19)31)24-9-8-17-14-28(26-25-17)13-16-6-4-15(5-7-16)12-27-10-2-1-3-11-27/h4-7,14,18-24,29-33H,1-3,8-13H2. The maximum absolute atomic E-state index is 10.1. The first-order valence-corrected chi connectivity index (χ1v) is 11.8. The molecule has 2 fully saturated rings. The Kier molecular flexibility index (Phi) is 8.07. The first-order valence-electron chi connectivity index (χ1n) is 11.8. The second-order valence-corrected chi connectivity index (χ2v) is 9.24. The van der Waals surface area contributed by atoms with Gasteiger partial charge in [-0.1, -0.05) is 35.9 Å². The van der Waals surface area contributed by atoms with E-state index in [1.165, 1.54) is 37.9 Å². The number of aliphatic hydroxyl groups is 5. The smallest absolute Gasteiger partial charge is 0.111 e. The average molecular weight is 462 g/mol. The zero-order valence-electron chi connectivity index (χ0n) is 18.7. The van der Waals surface area contributed by atoms with Gasteiger partial charge >= 0.3 is 0 Å². The number of nitrogens with zero attached hydrogens (tertiary/aromatic N) is 4. The number of piperidine rings is 1. The zero-order chi connectivity index (χ0) is 23.4. The maximum atomic E-state index is 10.1. The highest BCUT2D eigenvalue weighted by atomic mass is 16.4. The van der Waals surface area contributed by atoms with E-state index in [1.807, 2.05) is 6.20 Å². The van der Waals surface area contributed by atoms with Crippen LogP contribution in [0.25, 0.3) is 0 Å². The third-order valence-electron chi connectivity index (χ3n) is 6.71. The fraction of sp³-hybridized carbons (Fsp3) is 0.652. The molecule has 0 bridgehead atoms. The largest absolute Gasteiger partial charge is 0.389 e. The van der Waals surface area contributed by atoms with Crippen LogP contribution in [0, 0.1) is 0 Å². The van der Waals surface area contributed by atoms with E-state index in [2.05, 4.69) is 44.8 Å². The SMILES string of the molecule is OC1C(O)C(O)C(NCCc2cn(Cc3ccc(CN4CCCCC4)cc3)nn2)C(O)C1O. The lowest BCUT2D eigenvalue weighted by Gasteiger charge is -2.42. The molecule has 4 rings (SSSR count). The maximum Gasteiger partial charge on any atom is 0.111 e. The molecule has 2 aliphatic rings. The van der Waals surface area contributed by atoms with Crippen LogP contribution in [-0.4, -0.2) is 102 Å². The summed E-state index contributed by atoms with van der Waals surface area (Å²) in [5.41, 5.74) is 3.20. The summed E-state index contributed by atoms with van der Waals surface area (Å²) in [7, 11) is 0. The number of aromatic nitrogens is 3. The van der Waals surface area contributed by atoms with Crippen molar-refractivity contribution in [3.63, 3.8) is 0 Å². The van der Waals surface area contributed by atoms with Gasteiger partial charge in [0.05, 0.1) is 18.3 Å². The van der Waals surface area contributed by atoms with Gasteiger partial charge in [-0.05, 0) is 37.1 Å². The minimum absolute atomic E-state index is 0.345. The number of aliphatic hydroxyl groups excluding tert-OH is 5. The van der Waals surface area contributed by atoms with Crippen LogP contribution in [0.2, 0.25) is 0 Å². The molecule has 182 valence electrons. The molecule has 1 aliphatic carbocycles. The number of rotatable bonds is 8. The van der Waals surface area contributed by atoms with Gasteiger partial charge in [-0.25, -0.2) is 4.68 Å². The predicted octanol–water partition coefficient (Wildman–Crippen LogP) is -1.37. The molecule has 0 amide bonds. The topological polar surface area (TPSA) is 147 Å². The van der Waals surface area contributed by atoms with Crippen LogP contribution >= 0.6 is 0 Å². The minimum atomic E-state index is -1.59. The van der Waals surface area contributed by atoms with Gasteiger partial charge in [-0.15, -0.1) is 5.10 Å². The number of benzene rings is 1. The lowest BCUT2D eigenvalue weighted by atomic mass is 9.83. The normalized spacial score (nSPS) is 31.1. The van der Waals surface area contributed by atoms with Gasteiger partial charge in [0.15, 0.2) is 0 Å². The average Bonchev–Trinajstić information content (AvgIpc) is 3.27. The van der Waals surface area contributed by atoms with Crippen LogP contribution in [0.5, 0.6) is 0 Å². The van der Waals surface area contributed by atoms with Crippen molar-refractivity contribution < 1.29 is 25.5 Å². The highest BCUT2D eigenvalue weighted by Crippen LogP contribution is 2.21. The van der Waals surface area contributed by atoms with Crippen LogP contribution in [0.15, 0.2) is 30.5 Å². The quantitative estimate of drug-likeness (QED) is 0.280. The Balaban J connectivity index is 1.24. The molecule has 10 heteroatoms. The predicted molar refractivity (Wildman–Crippen MR) is 120 cm³/mol. The van der Waals surface area contributed by atoms with Crippen molar-refractivity contribution in [2.45, 2.75) is 75.3 Å². The molecule has 1 aromatic carbocycles. The molecule has 0 radical (unpaired) electrons. The van der Waals surface area contributed by atoms with Crippen molar-refractivity contribution in [1.29, 1.82) is 0 Å². The Labute approximate surface area is 193 Å². The highest BCUT2D eigenvalue weighted by Gasteiger charge is 2.47. The van der Waals surface area contributed by atoms with Crippen LogP contribution in [0.1, 0.15) is 36.1 Å². The Hall–Kier alpha value is -1.92. The van der Waals surface area contributed by atoms with Crippen molar-refractivity contribution in [2.24, 2.45) is 0 Å². The Morgan fingerprint density at radius 2 is 1.36 bits per heavy atom. The van der Waals surface area contributed by atoms with Crippen molar-refractivity contribution >= 4 is 0 Å². The Morgan fingerprint density at radius 3 is 2.00 bits per heavy atom. The highest BCUT2D eigenvalue weighted by molar-refractivity contribution is 5.22. The lowest BCUT2D eigenvalue weighted by molar-refractivity contribution is -0.190. The van der Waals surface area contributed by atoms with Crippen LogP contribution in [0.4, 0.5) is 0 Å². The second-order valence-electron chi connectivity index (χ2n) is 9.24. The van der Waals surface area contributed by atoms with E-state index in [0.29, 0.717) is 19.5 Å². The minimum Gasteiger partial charge on any atom is -0.389 e. The van der Waals surface area contributed by atoms with Gasteiger partial charge in [0.25, 0.3) is 0 Å². The van der Waals surface area contributed by atoms with E-state index in [4.69, 9.17) is 0 Å². The molecular weight excluding hydrogens is 426 g/mol. The van der Waals surface area contributed by atoms with Gasteiger partial charge < -0.3 is 30.8 Å². The summed E-state index contributed by atoms with van der Waals surface area (Å²) in [6.45, 7) is 4.32. The van der Waals surface area contributed by atoms with Crippen LogP contribution < -0.4 is 5.32 Å².